The van der Waals surface area contributed by atoms with E-state index in [1.54, 1.807) is 18.2 Å². The number of benzene rings is 1. The Morgan fingerprint density at radius 3 is 2.67 bits per heavy atom. The van der Waals surface area contributed by atoms with Crippen molar-refractivity contribution >= 4 is 11.6 Å². The van der Waals surface area contributed by atoms with E-state index >= 15 is 0 Å². The molecule has 0 aliphatic rings. The number of alkyl halides is 2. The number of aliphatic hydroxyl groups is 1. The van der Waals surface area contributed by atoms with Crippen molar-refractivity contribution < 1.29 is 13.9 Å². The van der Waals surface area contributed by atoms with Crippen molar-refractivity contribution in [2.24, 2.45) is 0 Å². The fraction of sp³-hybridized carbons (Fsp3) is 0.455. The molecule has 1 rings (SSSR count). The molecule has 0 aromatic heterocycles. The summed E-state index contributed by atoms with van der Waals surface area (Å²) in [5.41, 5.74) is 0.431. The third-order valence-electron chi connectivity index (χ3n) is 2.20. The lowest BCUT2D eigenvalue weighted by Gasteiger charge is -2.21. The Morgan fingerprint density at radius 2 is 2.13 bits per heavy atom. The maximum atomic E-state index is 13.3. The lowest BCUT2D eigenvalue weighted by molar-refractivity contribution is -0.108. The van der Waals surface area contributed by atoms with Gasteiger partial charge < -0.3 is 5.11 Å². The quantitative estimate of drug-likeness (QED) is 0.848. The molecule has 1 unspecified atom stereocenters. The van der Waals surface area contributed by atoms with Crippen LogP contribution in [-0.2, 0) is 6.42 Å². The fourth-order valence-corrected chi connectivity index (χ4v) is 1.55. The number of hydrogen-bond donors (Lipinski definition) is 1. The van der Waals surface area contributed by atoms with Crippen LogP contribution in [0.2, 0.25) is 5.02 Å². The summed E-state index contributed by atoms with van der Waals surface area (Å²) in [6, 6.07) is 6.30. The summed E-state index contributed by atoms with van der Waals surface area (Å²) in [6.45, 7) is 1.52. The molecule has 1 atom stereocenters. The highest BCUT2D eigenvalue weighted by molar-refractivity contribution is 6.30. The molecule has 84 valence electrons. The van der Waals surface area contributed by atoms with E-state index in [1.165, 1.54) is 13.0 Å². The first-order chi connectivity index (χ1) is 6.95. The minimum absolute atomic E-state index is 0.0353. The van der Waals surface area contributed by atoms with Crippen LogP contribution in [0.5, 0.6) is 0 Å². The van der Waals surface area contributed by atoms with E-state index < -0.39 is 18.4 Å². The van der Waals surface area contributed by atoms with Crippen LogP contribution in [0.3, 0.4) is 0 Å². The molecule has 0 aliphatic heterocycles. The zero-order valence-electron chi connectivity index (χ0n) is 8.38. The first-order valence-electron chi connectivity index (χ1n) is 4.76. The van der Waals surface area contributed by atoms with Gasteiger partial charge in [0.25, 0.3) is 5.92 Å². The van der Waals surface area contributed by atoms with Crippen molar-refractivity contribution in [2.45, 2.75) is 31.8 Å². The van der Waals surface area contributed by atoms with Gasteiger partial charge in [-0.2, -0.15) is 0 Å². The molecule has 1 nitrogen and oxygen atoms in total. The predicted molar refractivity (Wildman–Crippen MR) is 56.4 cm³/mol. The Labute approximate surface area is 92.7 Å². The van der Waals surface area contributed by atoms with Gasteiger partial charge in [0, 0.05) is 11.4 Å². The molecule has 1 aromatic carbocycles. The minimum atomic E-state index is -3.10. The van der Waals surface area contributed by atoms with Gasteiger partial charge in [-0.3, -0.25) is 0 Å². The molecule has 0 aliphatic carbocycles. The highest BCUT2D eigenvalue weighted by Crippen LogP contribution is 2.26. The maximum Gasteiger partial charge on any atom is 0.277 e. The molecule has 1 aromatic rings. The molecule has 0 bridgehead atoms. The highest BCUT2D eigenvalue weighted by Gasteiger charge is 2.37. The highest BCUT2D eigenvalue weighted by atomic mass is 35.5. The molecule has 0 fully saturated rings. The molecule has 0 radical (unpaired) electrons. The summed E-state index contributed by atoms with van der Waals surface area (Å²) in [6.07, 6.45) is -2.05. The topological polar surface area (TPSA) is 20.2 Å². The summed E-state index contributed by atoms with van der Waals surface area (Å²) >= 11 is 5.68. The molecule has 1 N–H and O–H groups in total. The summed E-state index contributed by atoms with van der Waals surface area (Å²) in [5.74, 6) is -3.10. The van der Waals surface area contributed by atoms with E-state index in [9.17, 15) is 8.78 Å². The van der Waals surface area contributed by atoms with E-state index in [4.69, 9.17) is 16.7 Å². The Kier molecular flexibility index (Phi) is 4.05. The molecular formula is C11H13ClF2O. The Balaban J connectivity index is 2.77. The smallest absolute Gasteiger partial charge is 0.277 e. The summed E-state index contributed by atoms with van der Waals surface area (Å²) < 4.78 is 26.7. The van der Waals surface area contributed by atoms with Gasteiger partial charge in [-0.1, -0.05) is 30.7 Å². The largest absolute Gasteiger partial charge is 0.387 e. The zero-order chi connectivity index (χ0) is 11.5. The van der Waals surface area contributed by atoms with Gasteiger partial charge in [0.15, 0.2) is 0 Å². The Bertz CT molecular complexity index is 328. The molecule has 4 heteroatoms. The maximum absolute atomic E-state index is 13.3. The van der Waals surface area contributed by atoms with Crippen molar-refractivity contribution in [2.75, 3.05) is 0 Å². The second kappa shape index (κ2) is 4.90. The van der Waals surface area contributed by atoms with Crippen LogP contribution in [0.15, 0.2) is 24.3 Å². The number of hydrogen-bond acceptors (Lipinski definition) is 1. The van der Waals surface area contributed by atoms with Crippen LogP contribution in [0.25, 0.3) is 0 Å². The van der Waals surface area contributed by atoms with Crippen molar-refractivity contribution in [3.8, 4) is 0 Å². The third kappa shape index (κ3) is 3.43. The van der Waals surface area contributed by atoms with Crippen LogP contribution in [0.4, 0.5) is 8.78 Å². The number of rotatable bonds is 4. The predicted octanol–water partition coefficient (Wildman–Crippen LogP) is 3.29. The average Bonchev–Trinajstić information content (AvgIpc) is 2.15. The van der Waals surface area contributed by atoms with Gasteiger partial charge in [-0.25, -0.2) is 8.78 Å². The Hall–Kier alpha value is -0.670. The molecule has 0 spiro atoms. The van der Waals surface area contributed by atoms with Gasteiger partial charge in [-0.05, 0) is 24.1 Å². The molecule has 0 amide bonds. The van der Waals surface area contributed by atoms with E-state index in [2.05, 4.69) is 0 Å². The van der Waals surface area contributed by atoms with Crippen LogP contribution in [0.1, 0.15) is 18.9 Å². The number of halogens is 3. The summed E-state index contributed by atoms with van der Waals surface area (Å²) in [4.78, 5) is 0. The monoisotopic (exact) mass is 234 g/mol. The lowest BCUT2D eigenvalue weighted by Crippen LogP contribution is -2.35. The molecule has 0 saturated heterocycles. The van der Waals surface area contributed by atoms with Crippen molar-refractivity contribution in [1.82, 2.24) is 0 Å². The Morgan fingerprint density at radius 1 is 1.47 bits per heavy atom. The second-order valence-electron chi connectivity index (χ2n) is 3.49. The summed E-state index contributed by atoms with van der Waals surface area (Å²) in [5, 5.41) is 9.56. The number of aliphatic hydroxyl groups excluding tert-OH is 1. The van der Waals surface area contributed by atoms with E-state index in [0.717, 1.165) is 0 Å². The van der Waals surface area contributed by atoms with Gasteiger partial charge in [0.1, 0.15) is 6.10 Å². The summed E-state index contributed by atoms with van der Waals surface area (Å²) in [7, 11) is 0. The van der Waals surface area contributed by atoms with Gasteiger partial charge in [0.2, 0.25) is 0 Å². The normalized spacial score (nSPS) is 13.9. The second-order valence-corrected chi connectivity index (χ2v) is 3.93. The van der Waals surface area contributed by atoms with Crippen LogP contribution in [0, 0.1) is 0 Å². The van der Waals surface area contributed by atoms with Gasteiger partial charge in [-0.15, -0.1) is 0 Å². The van der Waals surface area contributed by atoms with Crippen molar-refractivity contribution in [1.29, 1.82) is 0 Å². The standard InChI is InChI=1S/C11H13ClF2O/c1-2-10(15)11(13,14)7-8-4-3-5-9(12)6-8/h3-6,10,15H,2,7H2,1H3. The van der Waals surface area contributed by atoms with Gasteiger partial charge in [0.05, 0.1) is 0 Å². The minimum Gasteiger partial charge on any atom is -0.387 e. The fourth-order valence-electron chi connectivity index (χ4n) is 1.34. The average molecular weight is 235 g/mol. The van der Waals surface area contributed by atoms with Gasteiger partial charge >= 0.3 is 0 Å². The molecule has 15 heavy (non-hydrogen) atoms. The SMILES string of the molecule is CCC(O)C(F)(F)Cc1cccc(Cl)c1. The first kappa shape index (κ1) is 12.4. The van der Waals surface area contributed by atoms with Crippen molar-refractivity contribution in [3.63, 3.8) is 0 Å². The van der Waals surface area contributed by atoms with E-state index in [-0.39, 0.29) is 6.42 Å². The molecule has 0 saturated carbocycles. The molecule has 0 heterocycles. The van der Waals surface area contributed by atoms with Crippen LogP contribution in [-0.4, -0.2) is 17.1 Å². The molecular weight excluding hydrogens is 222 g/mol. The first-order valence-corrected chi connectivity index (χ1v) is 5.14. The van der Waals surface area contributed by atoms with E-state index in [1.807, 2.05) is 0 Å². The van der Waals surface area contributed by atoms with Crippen LogP contribution >= 0.6 is 11.6 Å². The third-order valence-corrected chi connectivity index (χ3v) is 2.44. The van der Waals surface area contributed by atoms with Crippen molar-refractivity contribution in [3.05, 3.63) is 34.9 Å². The lowest BCUT2D eigenvalue weighted by atomic mass is 10.0. The zero-order valence-corrected chi connectivity index (χ0v) is 9.14. The van der Waals surface area contributed by atoms with Crippen LogP contribution < -0.4 is 0 Å². The van der Waals surface area contributed by atoms with E-state index in [0.29, 0.717) is 10.6 Å².